The van der Waals surface area contributed by atoms with E-state index in [0.29, 0.717) is 11.3 Å². The van der Waals surface area contributed by atoms with E-state index in [9.17, 15) is 9.90 Å². The zero-order valence-corrected chi connectivity index (χ0v) is 12.8. The Labute approximate surface area is 134 Å². The first-order valence-electron chi connectivity index (χ1n) is 7.47. The summed E-state index contributed by atoms with van der Waals surface area (Å²) < 4.78 is 0. The number of carbonyl (C=O) groups is 1. The Bertz CT molecular complexity index is 806. The number of hydrogen-bond acceptors (Lipinski definition) is 3. The Morgan fingerprint density at radius 3 is 2.61 bits per heavy atom. The second kappa shape index (κ2) is 6.24. The van der Waals surface area contributed by atoms with Crippen LogP contribution in [0.25, 0.3) is 10.9 Å². The average Bonchev–Trinajstić information content (AvgIpc) is 2.99. The SMILES string of the molecule is CC(NC(=O)c1cc2ccccc2[nH]1)c1cccc(C(N)O)c1. The van der Waals surface area contributed by atoms with E-state index in [1.807, 2.05) is 49.4 Å². The number of aliphatic hydroxyl groups excluding tert-OH is 1. The lowest BCUT2D eigenvalue weighted by Crippen LogP contribution is -2.27. The topological polar surface area (TPSA) is 91.1 Å². The molecule has 0 saturated heterocycles. The molecule has 118 valence electrons. The van der Waals surface area contributed by atoms with Crippen LogP contribution in [0.1, 0.15) is 40.8 Å². The third-order valence-corrected chi connectivity index (χ3v) is 3.87. The molecule has 2 aromatic carbocycles. The molecule has 0 spiro atoms. The molecule has 1 amide bonds. The van der Waals surface area contributed by atoms with E-state index < -0.39 is 6.23 Å². The molecule has 3 rings (SSSR count). The van der Waals surface area contributed by atoms with Gasteiger partial charge in [-0.15, -0.1) is 0 Å². The molecule has 5 N–H and O–H groups in total. The largest absolute Gasteiger partial charge is 0.375 e. The van der Waals surface area contributed by atoms with Crippen LogP contribution in [0, 0.1) is 0 Å². The molecule has 2 atom stereocenters. The Morgan fingerprint density at radius 2 is 1.87 bits per heavy atom. The van der Waals surface area contributed by atoms with Gasteiger partial charge in [0.1, 0.15) is 11.9 Å². The maximum atomic E-state index is 12.4. The highest BCUT2D eigenvalue weighted by molar-refractivity contribution is 5.98. The normalized spacial score (nSPS) is 13.7. The first-order chi connectivity index (χ1) is 11.0. The highest BCUT2D eigenvalue weighted by Gasteiger charge is 2.14. The van der Waals surface area contributed by atoms with Crippen LogP contribution in [0.5, 0.6) is 0 Å². The number of fused-ring (bicyclic) bond motifs is 1. The summed E-state index contributed by atoms with van der Waals surface area (Å²) in [5.74, 6) is -0.174. The van der Waals surface area contributed by atoms with E-state index in [1.54, 1.807) is 12.1 Å². The van der Waals surface area contributed by atoms with Gasteiger partial charge in [0.05, 0.1) is 6.04 Å². The maximum Gasteiger partial charge on any atom is 0.268 e. The molecule has 5 heteroatoms. The van der Waals surface area contributed by atoms with Crippen molar-refractivity contribution in [2.75, 3.05) is 0 Å². The predicted molar refractivity (Wildman–Crippen MR) is 89.8 cm³/mol. The molecule has 0 fully saturated rings. The van der Waals surface area contributed by atoms with Gasteiger partial charge in [-0.05, 0) is 36.2 Å². The molecule has 0 bridgehead atoms. The Hall–Kier alpha value is -2.63. The smallest absolute Gasteiger partial charge is 0.268 e. The van der Waals surface area contributed by atoms with Crippen LogP contribution < -0.4 is 11.1 Å². The molecule has 23 heavy (non-hydrogen) atoms. The zero-order chi connectivity index (χ0) is 16.4. The molecule has 0 aliphatic carbocycles. The summed E-state index contributed by atoms with van der Waals surface area (Å²) >= 11 is 0. The fraction of sp³-hybridized carbons (Fsp3) is 0.167. The van der Waals surface area contributed by atoms with Crippen molar-refractivity contribution in [1.29, 1.82) is 0 Å². The van der Waals surface area contributed by atoms with E-state index in [0.717, 1.165) is 16.5 Å². The number of aromatic amines is 1. The van der Waals surface area contributed by atoms with Gasteiger partial charge in [-0.3, -0.25) is 4.79 Å². The lowest BCUT2D eigenvalue weighted by atomic mass is 10.0. The van der Waals surface area contributed by atoms with Crippen LogP contribution in [0.4, 0.5) is 0 Å². The van der Waals surface area contributed by atoms with Gasteiger partial charge in [0.25, 0.3) is 5.91 Å². The minimum absolute atomic E-state index is 0.174. The first kappa shape index (κ1) is 15.3. The standard InChI is InChI=1S/C18H19N3O2/c1-11(12-6-4-7-14(9-12)17(19)22)20-18(23)16-10-13-5-2-3-8-15(13)21-16/h2-11,17,21-22H,19H2,1H3,(H,20,23). The van der Waals surface area contributed by atoms with Gasteiger partial charge in [0.2, 0.25) is 0 Å². The molecular formula is C18H19N3O2. The number of nitrogens with one attached hydrogen (secondary N) is 2. The van der Waals surface area contributed by atoms with Gasteiger partial charge < -0.3 is 21.1 Å². The second-order valence-corrected chi connectivity index (χ2v) is 5.58. The number of aromatic nitrogens is 1. The van der Waals surface area contributed by atoms with Crippen LogP contribution in [-0.2, 0) is 0 Å². The summed E-state index contributed by atoms with van der Waals surface area (Å²) in [6, 6.07) is 16.6. The van der Waals surface area contributed by atoms with Gasteiger partial charge in [-0.1, -0.05) is 36.4 Å². The van der Waals surface area contributed by atoms with Crippen molar-refractivity contribution in [3.63, 3.8) is 0 Å². The third-order valence-electron chi connectivity index (χ3n) is 3.87. The van der Waals surface area contributed by atoms with E-state index in [2.05, 4.69) is 10.3 Å². The summed E-state index contributed by atoms with van der Waals surface area (Å²) in [6.07, 6.45) is -1.02. The summed E-state index contributed by atoms with van der Waals surface area (Å²) in [5, 5.41) is 13.4. The van der Waals surface area contributed by atoms with Crippen molar-refractivity contribution in [2.45, 2.75) is 19.2 Å². The number of rotatable bonds is 4. The number of aliphatic hydroxyl groups is 1. The average molecular weight is 309 g/mol. The Morgan fingerprint density at radius 1 is 1.13 bits per heavy atom. The highest BCUT2D eigenvalue weighted by Crippen LogP contribution is 2.19. The van der Waals surface area contributed by atoms with E-state index in [1.165, 1.54) is 0 Å². The third kappa shape index (κ3) is 3.26. The van der Waals surface area contributed by atoms with Crippen LogP contribution in [0.2, 0.25) is 0 Å². The lowest BCUT2D eigenvalue weighted by Gasteiger charge is -2.15. The Kier molecular flexibility index (Phi) is 4.14. The van der Waals surface area contributed by atoms with Gasteiger partial charge in [0, 0.05) is 10.9 Å². The maximum absolute atomic E-state index is 12.4. The van der Waals surface area contributed by atoms with E-state index in [-0.39, 0.29) is 11.9 Å². The molecule has 5 nitrogen and oxygen atoms in total. The van der Waals surface area contributed by atoms with Gasteiger partial charge >= 0.3 is 0 Å². The van der Waals surface area contributed by atoms with Crippen LogP contribution in [0.15, 0.2) is 54.6 Å². The molecule has 1 heterocycles. The molecular weight excluding hydrogens is 290 g/mol. The minimum atomic E-state index is -1.02. The summed E-state index contributed by atoms with van der Waals surface area (Å²) in [6.45, 7) is 1.89. The van der Waals surface area contributed by atoms with Crippen LogP contribution in [0.3, 0.4) is 0 Å². The van der Waals surface area contributed by atoms with Crippen molar-refractivity contribution >= 4 is 16.8 Å². The van der Waals surface area contributed by atoms with E-state index >= 15 is 0 Å². The molecule has 0 aliphatic rings. The quantitative estimate of drug-likeness (QED) is 0.558. The molecule has 0 aliphatic heterocycles. The number of hydrogen-bond donors (Lipinski definition) is 4. The fourth-order valence-electron chi connectivity index (χ4n) is 2.57. The molecule has 2 unspecified atom stereocenters. The van der Waals surface area contributed by atoms with Crippen LogP contribution >= 0.6 is 0 Å². The van der Waals surface area contributed by atoms with Gasteiger partial charge in [0.15, 0.2) is 0 Å². The molecule has 1 aromatic heterocycles. The summed E-state index contributed by atoms with van der Waals surface area (Å²) in [4.78, 5) is 15.5. The van der Waals surface area contributed by atoms with Crippen molar-refractivity contribution in [1.82, 2.24) is 10.3 Å². The van der Waals surface area contributed by atoms with Crippen molar-refractivity contribution < 1.29 is 9.90 Å². The number of para-hydroxylation sites is 1. The van der Waals surface area contributed by atoms with Crippen LogP contribution in [-0.4, -0.2) is 16.0 Å². The van der Waals surface area contributed by atoms with Crippen molar-refractivity contribution in [2.24, 2.45) is 5.73 Å². The number of benzene rings is 2. The number of nitrogens with two attached hydrogens (primary N) is 1. The Balaban J connectivity index is 1.77. The van der Waals surface area contributed by atoms with Gasteiger partial charge in [-0.25, -0.2) is 0 Å². The number of carbonyl (C=O) groups excluding carboxylic acids is 1. The number of amides is 1. The fourth-order valence-corrected chi connectivity index (χ4v) is 2.57. The van der Waals surface area contributed by atoms with E-state index in [4.69, 9.17) is 5.73 Å². The second-order valence-electron chi connectivity index (χ2n) is 5.58. The predicted octanol–water partition coefficient (Wildman–Crippen LogP) is 2.61. The monoisotopic (exact) mass is 309 g/mol. The lowest BCUT2D eigenvalue weighted by molar-refractivity contribution is 0.0935. The zero-order valence-electron chi connectivity index (χ0n) is 12.8. The minimum Gasteiger partial charge on any atom is -0.375 e. The first-order valence-corrected chi connectivity index (χ1v) is 7.47. The molecule has 0 radical (unpaired) electrons. The highest BCUT2D eigenvalue weighted by atomic mass is 16.3. The van der Waals surface area contributed by atoms with Gasteiger partial charge in [-0.2, -0.15) is 0 Å². The summed E-state index contributed by atoms with van der Waals surface area (Å²) in [5.41, 5.74) is 8.44. The van der Waals surface area contributed by atoms with Crippen molar-refractivity contribution in [3.05, 3.63) is 71.4 Å². The van der Waals surface area contributed by atoms with Crippen molar-refractivity contribution in [3.8, 4) is 0 Å². The summed E-state index contributed by atoms with van der Waals surface area (Å²) in [7, 11) is 0. The molecule has 3 aromatic rings. The number of H-pyrrole nitrogens is 1. The molecule has 0 saturated carbocycles.